The van der Waals surface area contributed by atoms with Gasteiger partial charge in [0.05, 0.1) is 5.41 Å². The lowest BCUT2D eigenvalue weighted by Crippen LogP contribution is -2.41. The molecule has 0 heterocycles. The lowest BCUT2D eigenvalue weighted by molar-refractivity contribution is 0.596. The molecule has 0 heteroatoms. The van der Waals surface area contributed by atoms with Gasteiger partial charge in [-0.05, 0) is 106 Å². The van der Waals surface area contributed by atoms with Crippen molar-refractivity contribution < 1.29 is 0 Å². The standard InChI is InChI=1S/C72H54/c1-47-33-41-52(42-34-47)72(68-31-14-12-24-61(68)62-25-13-15-32-69(62)72)53-43-37-51(38-44-53)70-63-26-8-10-28-65(63)71(66-29-11-9-27-64(66)70)67-46-40-50(56-21-5-7-23-59(56)67)36-35-49-39-45-60(57-22-6-4-20-55(49)57)58-30-16-18-48-17-2-3-19-54(48)58/h2-46,48,54,56,59,63,65H,1H3. The molecule has 0 nitrogen and oxygen atoms in total. The van der Waals surface area contributed by atoms with Crippen molar-refractivity contribution >= 4 is 33.6 Å². The zero-order chi connectivity index (χ0) is 47.8. The minimum absolute atomic E-state index is 0.186. The molecule has 0 N–H and O–H groups in total. The number of allylic oxidation sites excluding steroid dienone is 21. The maximum atomic E-state index is 2.47. The van der Waals surface area contributed by atoms with Gasteiger partial charge < -0.3 is 0 Å². The Morgan fingerprint density at radius 3 is 1.65 bits per heavy atom. The first-order chi connectivity index (χ1) is 35.6. The normalized spacial score (nSPS) is 23.5. The van der Waals surface area contributed by atoms with Gasteiger partial charge in [-0.1, -0.05) is 279 Å². The third-order valence-electron chi connectivity index (χ3n) is 16.9. The number of hydrogen-bond donors (Lipinski definition) is 0. The first-order valence-corrected chi connectivity index (χ1v) is 25.9. The molecular weight excluding hydrogens is 865 g/mol. The highest BCUT2D eigenvalue weighted by Crippen LogP contribution is 2.56. The molecule has 0 saturated heterocycles. The summed E-state index contributed by atoms with van der Waals surface area (Å²) in [6.45, 7) is 2.18. The summed E-state index contributed by atoms with van der Waals surface area (Å²) in [6, 6.07) is 59.9. The van der Waals surface area contributed by atoms with Gasteiger partial charge >= 0.3 is 0 Å². The van der Waals surface area contributed by atoms with Gasteiger partial charge in [0.15, 0.2) is 0 Å². The van der Waals surface area contributed by atoms with Crippen LogP contribution in [0, 0.1) is 42.4 Å². The van der Waals surface area contributed by atoms with Gasteiger partial charge in [-0.25, -0.2) is 0 Å². The lowest BCUT2D eigenvalue weighted by atomic mass is 9.64. The van der Waals surface area contributed by atoms with Crippen molar-refractivity contribution in [3.05, 3.63) is 333 Å². The van der Waals surface area contributed by atoms with E-state index in [9.17, 15) is 0 Å². The fraction of sp³-hybridized carbons (Fsp3) is 0.111. The highest BCUT2D eigenvalue weighted by molar-refractivity contribution is 6.00. The van der Waals surface area contributed by atoms with Crippen molar-refractivity contribution in [3.8, 4) is 11.1 Å². The minimum Gasteiger partial charge on any atom is -0.0767 e. The zero-order valence-electron chi connectivity index (χ0n) is 40.4. The third-order valence-corrected chi connectivity index (χ3v) is 16.9. The maximum Gasteiger partial charge on any atom is 0.0713 e. The third kappa shape index (κ3) is 6.59. The second-order valence-corrected chi connectivity index (χ2v) is 20.5. The van der Waals surface area contributed by atoms with E-state index in [1.165, 1.54) is 105 Å². The zero-order valence-corrected chi connectivity index (χ0v) is 40.4. The Balaban J connectivity index is 0.875. The van der Waals surface area contributed by atoms with Gasteiger partial charge in [-0.2, -0.15) is 0 Å². The molecule has 0 aromatic heterocycles. The molecule has 0 aliphatic heterocycles. The molecule has 342 valence electrons. The van der Waals surface area contributed by atoms with Gasteiger partial charge in [-0.3, -0.25) is 0 Å². The number of hydrogen-bond acceptors (Lipinski definition) is 0. The molecular formula is C72H54. The van der Waals surface area contributed by atoms with Crippen LogP contribution in [0.3, 0.4) is 0 Å². The SMILES string of the molecule is Cc1ccc(C2(c3ccc(C4=c5ccccc5=C(C5=CC=C(C=Cc6ccc(C7=CC=CC8C=CC=CC78)c7ccccc67)C6C=CC=CC56)C5C=CC=CC45)cc3)c3ccccc3-c3ccccc32)cc1. The van der Waals surface area contributed by atoms with E-state index >= 15 is 0 Å². The van der Waals surface area contributed by atoms with Crippen LogP contribution in [0.1, 0.15) is 44.5 Å². The Kier molecular flexibility index (Phi) is 10.2. The molecule has 6 atom stereocenters. The average molecular weight is 919 g/mol. The fourth-order valence-electron chi connectivity index (χ4n) is 13.7. The molecule has 7 aliphatic rings. The van der Waals surface area contributed by atoms with Crippen molar-refractivity contribution in [3.63, 3.8) is 0 Å². The average Bonchev–Trinajstić information content (AvgIpc) is 3.75. The topological polar surface area (TPSA) is 0 Å². The molecule has 0 spiro atoms. The van der Waals surface area contributed by atoms with E-state index in [1.54, 1.807) is 0 Å². The van der Waals surface area contributed by atoms with Gasteiger partial charge in [0.1, 0.15) is 0 Å². The fourth-order valence-corrected chi connectivity index (χ4v) is 13.7. The monoisotopic (exact) mass is 918 g/mol. The summed E-state index contributed by atoms with van der Waals surface area (Å²) in [7, 11) is 0. The largest absolute Gasteiger partial charge is 0.0767 e. The molecule has 14 rings (SSSR count). The van der Waals surface area contributed by atoms with Crippen molar-refractivity contribution in [1.82, 2.24) is 0 Å². The van der Waals surface area contributed by atoms with Gasteiger partial charge in [-0.15, -0.1) is 0 Å². The molecule has 72 heavy (non-hydrogen) atoms. The summed E-state index contributed by atoms with van der Waals surface area (Å²) in [5, 5.41) is 5.27. The highest BCUT2D eigenvalue weighted by Gasteiger charge is 2.46. The molecule has 0 bridgehead atoms. The molecule has 0 radical (unpaired) electrons. The molecule has 7 aromatic rings. The summed E-state index contributed by atoms with van der Waals surface area (Å²) in [6.07, 6.45) is 44.4. The summed E-state index contributed by atoms with van der Waals surface area (Å²) in [5.41, 5.74) is 19.6. The van der Waals surface area contributed by atoms with Crippen LogP contribution in [0.4, 0.5) is 0 Å². The molecule has 0 fully saturated rings. The van der Waals surface area contributed by atoms with E-state index in [1.807, 2.05) is 0 Å². The summed E-state index contributed by atoms with van der Waals surface area (Å²) >= 11 is 0. The Hall–Kier alpha value is -8.32. The number of aryl methyl sites for hydroxylation is 1. The summed E-state index contributed by atoms with van der Waals surface area (Å²) < 4.78 is 0. The van der Waals surface area contributed by atoms with Gasteiger partial charge in [0.25, 0.3) is 0 Å². The van der Waals surface area contributed by atoms with E-state index in [4.69, 9.17) is 0 Å². The Morgan fingerprint density at radius 1 is 0.375 bits per heavy atom. The molecule has 6 unspecified atom stereocenters. The van der Waals surface area contributed by atoms with E-state index < -0.39 is 5.41 Å². The van der Waals surface area contributed by atoms with Crippen LogP contribution in [-0.4, -0.2) is 0 Å². The van der Waals surface area contributed by atoms with Crippen LogP contribution in [0.5, 0.6) is 0 Å². The van der Waals surface area contributed by atoms with Crippen LogP contribution < -0.4 is 10.4 Å². The molecule has 0 saturated carbocycles. The number of fused-ring (bicyclic) bond motifs is 8. The molecule has 7 aliphatic carbocycles. The maximum absolute atomic E-state index is 2.47. The van der Waals surface area contributed by atoms with Crippen LogP contribution in [0.2, 0.25) is 0 Å². The first kappa shape index (κ1) is 42.5. The molecule has 0 amide bonds. The van der Waals surface area contributed by atoms with E-state index in [-0.39, 0.29) is 23.7 Å². The Labute approximate surface area is 423 Å². The van der Waals surface area contributed by atoms with Crippen LogP contribution in [-0.2, 0) is 5.41 Å². The van der Waals surface area contributed by atoms with E-state index in [0.717, 1.165) is 0 Å². The number of rotatable bonds is 7. The van der Waals surface area contributed by atoms with Crippen LogP contribution >= 0.6 is 0 Å². The predicted octanol–water partition coefficient (Wildman–Crippen LogP) is 15.5. The van der Waals surface area contributed by atoms with Crippen molar-refractivity contribution in [2.45, 2.75) is 12.3 Å². The Bertz CT molecular complexity index is 3830. The van der Waals surface area contributed by atoms with Crippen LogP contribution in [0.25, 0.3) is 44.7 Å². The van der Waals surface area contributed by atoms with Gasteiger partial charge in [0, 0.05) is 35.5 Å². The first-order valence-electron chi connectivity index (χ1n) is 25.9. The Morgan fingerprint density at radius 2 is 0.931 bits per heavy atom. The summed E-state index contributed by atoms with van der Waals surface area (Å²) in [4.78, 5) is 0. The second kappa shape index (κ2) is 17.2. The van der Waals surface area contributed by atoms with Crippen molar-refractivity contribution in [2.75, 3.05) is 0 Å². The second-order valence-electron chi connectivity index (χ2n) is 20.5. The van der Waals surface area contributed by atoms with Gasteiger partial charge in [0.2, 0.25) is 0 Å². The quantitative estimate of drug-likeness (QED) is 0.149. The number of benzene rings is 7. The minimum atomic E-state index is -0.434. The smallest absolute Gasteiger partial charge is 0.0713 e. The highest BCUT2D eigenvalue weighted by atomic mass is 14.5. The molecule has 7 aromatic carbocycles. The van der Waals surface area contributed by atoms with Crippen LogP contribution in [0.15, 0.2) is 278 Å². The predicted molar refractivity (Wildman–Crippen MR) is 302 cm³/mol. The van der Waals surface area contributed by atoms with E-state index in [2.05, 4.69) is 280 Å². The van der Waals surface area contributed by atoms with Crippen molar-refractivity contribution in [2.24, 2.45) is 35.5 Å². The lowest BCUT2D eigenvalue weighted by Gasteiger charge is -2.39. The van der Waals surface area contributed by atoms with Crippen molar-refractivity contribution in [1.29, 1.82) is 0 Å². The summed E-state index contributed by atoms with van der Waals surface area (Å²) in [5.74, 6) is 1.59. The van der Waals surface area contributed by atoms with E-state index in [0.29, 0.717) is 11.8 Å².